The van der Waals surface area contributed by atoms with Gasteiger partial charge in [0.05, 0.1) is 19.8 Å². The van der Waals surface area contributed by atoms with Crippen LogP contribution in [0.5, 0.6) is 0 Å². The molecule has 0 rings (SSSR count). The third-order valence-electron chi connectivity index (χ3n) is 2.55. The molecular weight excluding hydrogens is 280 g/mol. The van der Waals surface area contributed by atoms with E-state index in [0.29, 0.717) is 6.42 Å². The highest BCUT2D eigenvalue weighted by Gasteiger charge is 2.07. The minimum Gasteiger partial charge on any atom is -0.463 e. The van der Waals surface area contributed by atoms with E-state index in [-0.39, 0.29) is 32.4 Å². The summed E-state index contributed by atoms with van der Waals surface area (Å²) < 4.78 is 4.75. The van der Waals surface area contributed by atoms with Gasteiger partial charge in [-0.1, -0.05) is 32.6 Å². The molecule has 0 heterocycles. The molecule has 0 aliphatic carbocycles. The minimum atomic E-state index is -0.954. The zero-order chi connectivity index (χ0) is 16.5. The lowest BCUT2D eigenvalue weighted by molar-refractivity contribution is -0.147. The van der Waals surface area contributed by atoms with Gasteiger partial charge in [-0.15, -0.1) is 0 Å². The third-order valence-corrected chi connectivity index (χ3v) is 2.55. The molecule has 0 aromatic rings. The molecule has 5 N–H and O–H groups in total. The highest BCUT2D eigenvalue weighted by Crippen LogP contribution is 2.05. The smallest absolute Gasteiger partial charge is 0.305 e. The maximum absolute atomic E-state index is 11.1. The van der Waals surface area contributed by atoms with Crippen molar-refractivity contribution in [3.8, 4) is 0 Å². The molecule has 1 atom stereocenters. The molecule has 1 unspecified atom stereocenters. The van der Waals surface area contributed by atoms with Crippen LogP contribution in [0.2, 0.25) is 0 Å². The number of hydrogen-bond donors (Lipinski definition) is 5. The van der Waals surface area contributed by atoms with E-state index in [2.05, 4.69) is 6.92 Å². The van der Waals surface area contributed by atoms with E-state index in [1.165, 1.54) is 12.8 Å². The highest BCUT2D eigenvalue weighted by atomic mass is 16.5. The monoisotopic (exact) mass is 310 g/mol. The summed E-state index contributed by atoms with van der Waals surface area (Å²) >= 11 is 0. The molecule has 0 aliphatic heterocycles. The number of unbranched alkanes of at least 4 members (excludes halogenated alkanes) is 4. The van der Waals surface area contributed by atoms with Crippen LogP contribution in [0.15, 0.2) is 0 Å². The molecule has 7 heteroatoms. The first-order chi connectivity index (χ1) is 10.0. The van der Waals surface area contributed by atoms with Crippen molar-refractivity contribution in [1.82, 2.24) is 0 Å². The van der Waals surface area contributed by atoms with Crippen LogP contribution in [0.3, 0.4) is 0 Å². The molecule has 0 aromatic heterocycles. The first kappa shape index (κ1) is 22.5. The Morgan fingerprint density at radius 2 is 1.43 bits per heavy atom. The van der Waals surface area contributed by atoms with Gasteiger partial charge in [-0.05, 0) is 6.42 Å². The van der Waals surface area contributed by atoms with Crippen molar-refractivity contribution in [3.05, 3.63) is 0 Å². The Morgan fingerprint density at radius 1 is 0.905 bits per heavy atom. The number of aliphatic hydroxyl groups is 5. The molecule has 7 nitrogen and oxygen atoms in total. The van der Waals surface area contributed by atoms with E-state index in [0.717, 1.165) is 19.3 Å². The van der Waals surface area contributed by atoms with Crippen LogP contribution in [-0.2, 0) is 9.53 Å². The van der Waals surface area contributed by atoms with Crippen molar-refractivity contribution in [1.29, 1.82) is 0 Å². The summed E-state index contributed by atoms with van der Waals surface area (Å²) in [5.41, 5.74) is 0. The standard InChI is InChI=1S/C11H22O4.C3H8O3/c1-2-3-4-5-6-7-11(14)15-9-10(13)8-12;4-1-3(6)2-5/h10,12-13H,2-9H2,1H3;3-6H,1-2H2. The second-order valence-electron chi connectivity index (χ2n) is 4.70. The Labute approximate surface area is 126 Å². The zero-order valence-electron chi connectivity index (χ0n) is 12.8. The first-order valence-electron chi connectivity index (χ1n) is 7.36. The van der Waals surface area contributed by atoms with Crippen LogP contribution in [0.1, 0.15) is 45.4 Å². The third kappa shape index (κ3) is 19.3. The predicted octanol–water partition coefficient (Wildman–Crippen LogP) is -0.425. The lowest BCUT2D eigenvalue weighted by atomic mass is 10.1. The van der Waals surface area contributed by atoms with Gasteiger partial charge in [-0.2, -0.15) is 0 Å². The molecule has 0 amide bonds. The SMILES string of the molecule is CCCCCCCC(=O)OCC(O)CO.OCC(O)CO. The summed E-state index contributed by atoms with van der Waals surface area (Å²) in [4.78, 5) is 11.1. The second-order valence-corrected chi connectivity index (χ2v) is 4.70. The van der Waals surface area contributed by atoms with Gasteiger partial charge >= 0.3 is 5.97 Å². The maximum atomic E-state index is 11.1. The molecule has 0 aliphatic rings. The van der Waals surface area contributed by atoms with Crippen LogP contribution in [-0.4, -0.2) is 70.1 Å². The van der Waals surface area contributed by atoms with Crippen molar-refractivity contribution in [2.75, 3.05) is 26.4 Å². The normalized spacial score (nSPS) is 11.8. The molecule has 0 radical (unpaired) electrons. The number of ether oxygens (including phenoxy) is 1. The summed E-state index contributed by atoms with van der Waals surface area (Å²) in [5.74, 6) is -0.293. The summed E-state index contributed by atoms with van der Waals surface area (Å²) in [5, 5.41) is 41.4. The number of carbonyl (C=O) groups excluding carboxylic acids is 1. The van der Waals surface area contributed by atoms with Crippen molar-refractivity contribution < 1.29 is 35.1 Å². The largest absolute Gasteiger partial charge is 0.463 e. The number of aliphatic hydroxyl groups excluding tert-OH is 5. The van der Waals surface area contributed by atoms with Gasteiger partial charge in [0.25, 0.3) is 0 Å². The summed E-state index contributed by atoms with van der Waals surface area (Å²) in [6.45, 7) is 0.936. The van der Waals surface area contributed by atoms with Gasteiger partial charge in [-0.3, -0.25) is 4.79 Å². The van der Waals surface area contributed by atoms with Crippen molar-refractivity contribution >= 4 is 5.97 Å². The fourth-order valence-electron chi connectivity index (χ4n) is 1.24. The van der Waals surface area contributed by atoms with Crippen LogP contribution in [0.25, 0.3) is 0 Å². The topological polar surface area (TPSA) is 127 Å². The average Bonchev–Trinajstić information content (AvgIpc) is 2.52. The maximum Gasteiger partial charge on any atom is 0.305 e. The van der Waals surface area contributed by atoms with E-state index < -0.39 is 12.2 Å². The Balaban J connectivity index is 0. The molecule has 0 saturated carbocycles. The average molecular weight is 310 g/mol. The van der Waals surface area contributed by atoms with Gasteiger partial charge in [0.2, 0.25) is 0 Å². The van der Waals surface area contributed by atoms with E-state index in [9.17, 15) is 4.79 Å². The van der Waals surface area contributed by atoms with E-state index in [4.69, 9.17) is 30.3 Å². The molecule has 0 spiro atoms. The fourth-order valence-corrected chi connectivity index (χ4v) is 1.24. The minimum absolute atomic E-state index is 0.107. The predicted molar refractivity (Wildman–Crippen MR) is 77.6 cm³/mol. The molecule has 21 heavy (non-hydrogen) atoms. The Bertz CT molecular complexity index is 219. The summed E-state index contributed by atoms with van der Waals surface area (Å²) in [6, 6.07) is 0. The summed E-state index contributed by atoms with van der Waals surface area (Å²) in [6.07, 6.45) is 3.94. The number of esters is 1. The van der Waals surface area contributed by atoms with Gasteiger partial charge in [-0.25, -0.2) is 0 Å². The van der Waals surface area contributed by atoms with Crippen LogP contribution >= 0.6 is 0 Å². The van der Waals surface area contributed by atoms with Crippen molar-refractivity contribution in [2.45, 2.75) is 57.7 Å². The molecule has 0 fully saturated rings. The van der Waals surface area contributed by atoms with E-state index >= 15 is 0 Å². The van der Waals surface area contributed by atoms with Gasteiger partial charge in [0.15, 0.2) is 0 Å². The molecule has 0 saturated heterocycles. The van der Waals surface area contributed by atoms with Crippen molar-refractivity contribution in [3.63, 3.8) is 0 Å². The van der Waals surface area contributed by atoms with Crippen LogP contribution in [0.4, 0.5) is 0 Å². The van der Waals surface area contributed by atoms with Crippen LogP contribution < -0.4 is 0 Å². The molecule has 0 bridgehead atoms. The number of hydrogen-bond acceptors (Lipinski definition) is 7. The molecule has 0 aromatic carbocycles. The van der Waals surface area contributed by atoms with Gasteiger partial charge < -0.3 is 30.3 Å². The number of rotatable bonds is 11. The molecule has 128 valence electrons. The Morgan fingerprint density at radius 3 is 1.86 bits per heavy atom. The van der Waals surface area contributed by atoms with Gasteiger partial charge in [0.1, 0.15) is 18.8 Å². The zero-order valence-corrected chi connectivity index (χ0v) is 12.8. The summed E-state index contributed by atoms with van der Waals surface area (Å²) in [7, 11) is 0. The van der Waals surface area contributed by atoms with E-state index in [1.807, 2.05) is 0 Å². The lowest BCUT2D eigenvalue weighted by Crippen LogP contribution is -2.21. The first-order valence-corrected chi connectivity index (χ1v) is 7.36. The molecular formula is C14H30O7. The highest BCUT2D eigenvalue weighted by molar-refractivity contribution is 5.69. The Kier molecular flexibility index (Phi) is 18.6. The van der Waals surface area contributed by atoms with Crippen molar-refractivity contribution in [2.24, 2.45) is 0 Å². The number of carbonyl (C=O) groups is 1. The lowest BCUT2D eigenvalue weighted by Gasteiger charge is -2.08. The van der Waals surface area contributed by atoms with Gasteiger partial charge in [0, 0.05) is 6.42 Å². The van der Waals surface area contributed by atoms with E-state index in [1.54, 1.807) is 0 Å². The van der Waals surface area contributed by atoms with Crippen LogP contribution in [0, 0.1) is 0 Å². The quantitative estimate of drug-likeness (QED) is 0.259. The fraction of sp³-hybridized carbons (Fsp3) is 0.929. The second kappa shape index (κ2) is 17.3. The Hall–Kier alpha value is -0.730.